The number of aryl methyl sites for hydroxylation is 1. The molecule has 0 radical (unpaired) electrons. The van der Waals surface area contributed by atoms with Crippen LogP contribution in [0.15, 0.2) is 24.3 Å². The number of nitrogens with zero attached hydrogens (tertiary/aromatic N) is 2. The highest BCUT2D eigenvalue weighted by atomic mass is 32.1. The summed E-state index contributed by atoms with van der Waals surface area (Å²) in [5.74, 6) is 0.660. The van der Waals surface area contributed by atoms with Crippen molar-refractivity contribution in [1.29, 1.82) is 0 Å². The third-order valence-corrected chi connectivity index (χ3v) is 5.99. The fraction of sp³-hybridized carbons (Fsp3) is 0.389. The van der Waals surface area contributed by atoms with Crippen LogP contribution in [0.3, 0.4) is 0 Å². The smallest absolute Gasteiger partial charge is 0.274 e. The molecule has 2 amide bonds. The average Bonchev–Trinajstić information content (AvgIpc) is 3.08. The molecule has 25 heavy (non-hydrogen) atoms. The Balaban J connectivity index is 1.74. The lowest BCUT2D eigenvalue weighted by atomic mass is 10.1. The molecule has 1 aliphatic heterocycles. The van der Waals surface area contributed by atoms with Gasteiger partial charge in [-0.2, -0.15) is 0 Å². The molecule has 0 spiro atoms. The fourth-order valence-corrected chi connectivity index (χ4v) is 4.70. The maximum Gasteiger partial charge on any atom is 0.274 e. The van der Waals surface area contributed by atoms with Gasteiger partial charge in [-0.05, 0) is 37.3 Å². The van der Waals surface area contributed by atoms with Crippen molar-refractivity contribution in [2.45, 2.75) is 19.4 Å². The number of aromatic nitrogens is 1. The van der Waals surface area contributed by atoms with E-state index in [2.05, 4.69) is 4.98 Å². The summed E-state index contributed by atoms with van der Waals surface area (Å²) in [6.45, 7) is 2.45. The second-order valence-electron chi connectivity index (χ2n) is 6.58. The molecule has 1 saturated carbocycles. The Kier molecular flexibility index (Phi) is 3.76. The molecule has 0 bridgehead atoms. The summed E-state index contributed by atoms with van der Waals surface area (Å²) >= 11 is 1.45. The summed E-state index contributed by atoms with van der Waals surface area (Å²) in [6.07, 6.45) is 0.979. The Labute approximate surface area is 149 Å². The molecule has 130 valence electrons. The lowest BCUT2D eigenvalue weighted by Crippen LogP contribution is -2.46. The molecule has 4 rings (SSSR count). The quantitative estimate of drug-likeness (QED) is 0.908. The summed E-state index contributed by atoms with van der Waals surface area (Å²) < 4.78 is 5.43. The van der Waals surface area contributed by atoms with Gasteiger partial charge in [-0.3, -0.25) is 9.59 Å². The summed E-state index contributed by atoms with van der Waals surface area (Å²) in [4.78, 5) is 31.8. The molecule has 6 nitrogen and oxygen atoms in total. The van der Waals surface area contributed by atoms with E-state index >= 15 is 0 Å². The minimum Gasteiger partial charge on any atom is -0.496 e. The number of piperidine rings is 1. The Morgan fingerprint density at radius 1 is 1.36 bits per heavy atom. The summed E-state index contributed by atoms with van der Waals surface area (Å²) in [5.41, 5.74) is 6.76. The van der Waals surface area contributed by atoms with E-state index in [1.54, 1.807) is 12.0 Å². The average molecular weight is 357 g/mol. The standard InChI is InChI=1S/C18H19N3O3S/c1-9-20-14(16(25-9)11-5-3-4-6-13(11)24-2)18(23)21-8-10-7-12(10)15(21)17(19)22/h3-6,10,12,15H,7-8H2,1-2H3,(H2,19,22)/t10-,12-,15+/m1/s1. The highest BCUT2D eigenvalue weighted by molar-refractivity contribution is 7.15. The Hall–Kier alpha value is -2.41. The number of carbonyl (C=O) groups excluding carboxylic acids is 2. The lowest BCUT2D eigenvalue weighted by Gasteiger charge is -2.24. The molecule has 1 aliphatic carbocycles. The van der Waals surface area contributed by atoms with Gasteiger partial charge in [0.1, 0.15) is 17.5 Å². The van der Waals surface area contributed by atoms with Gasteiger partial charge >= 0.3 is 0 Å². The zero-order valence-corrected chi connectivity index (χ0v) is 14.9. The van der Waals surface area contributed by atoms with Gasteiger partial charge in [0, 0.05) is 12.1 Å². The molecule has 1 saturated heterocycles. The van der Waals surface area contributed by atoms with Crippen LogP contribution >= 0.6 is 11.3 Å². The van der Waals surface area contributed by atoms with Gasteiger partial charge in [-0.15, -0.1) is 11.3 Å². The molecule has 2 aromatic rings. The first-order valence-electron chi connectivity index (χ1n) is 8.22. The molecule has 7 heteroatoms. The van der Waals surface area contributed by atoms with E-state index in [9.17, 15) is 9.59 Å². The number of benzene rings is 1. The topological polar surface area (TPSA) is 85.5 Å². The van der Waals surface area contributed by atoms with E-state index in [-0.39, 0.29) is 11.8 Å². The van der Waals surface area contributed by atoms with Crippen LogP contribution in [0.25, 0.3) is 10.4 Å². The first-order valence-corrected chi connectivity index (χ1v) is 9.04. The van der Waals surface area contributed by atoms with Crippen LogP contribution in [0, 0.1) is 18.8 Å². The van der Waals surface area contributed by atoms with Gasteiger partial charge in [-0.1, -0.05) is 12.1 Å². The number of fused-ring (bicyclic) bond motifs is 1. The molecule has 1 aromatic heterocycles. The normalized spacial score (nSPS) is 24.1. The van der Waals surface area contributed by atoms with Gasteiger partial charge in [0.2, 0.25) is 5.91 Å². The zero-order chi connectivity index (χ0) is 17.7. The molecule has 1 aromatic carbocycles. The number of nitrogens with two attached hydrogens (primary N) is 1. The van der Waals surface area contributed by atoms with Gasteiger partial charge in [0.15, 0.2) is 0 Å². The monoisotopic (exact) mass is 357 g/mol. The van der Waals surface area contributed by atoms with Gasteiger partial charge < -0.3 is 15.4 Å². The van der Waals surface area contributed by atoms with Gasteiger partial charge in [0.25, 0.3) is 5.91 Å². The first-order chi connectivity index (χ1) is 12.0. The first kappa shape index (κ1) is 16.1. The molecule has 2 fully saturated rings. The van der Waals surface area contributed by atoms with Crippen LogP contribution in [0.1, 0.15) is 21.9 Å². The third kappa shape index (κ3) is 2.59. The number of thiazole rings is 1. The zero-order valence-electron chi connectivity index (χ0n) is 14.1. The second kappa shape index (κ2) is 5.84. The van der Waals surface area contributed by atoms with E-state index in [0.717, 1.165) is 21.9 Å². The van der Waals surface area contributed by atoms with Crippen molar-refractivity contribution in [1.82, 2.24) is 9.88 Å². The van der Waals surface area contributed by atoms with Crippen LogP contribution < -0.4 is 10.5 Å². The van der Waals surface area contributed by atoms with Crippen molar-refractivity contribution >= 4 is 23.2 Å². The molecule has 0 unspecified atom stereocenters. The fourth-order valence-electron chi connectivity index (χ4n) is 3.76. The van der Waals surface area contributed by atoms with Crippen LogP contribution in [-0.4, -0.2) is 41.4 Å². The Bertz CT molecular complexity index is 863. The van der Waals surface area contributed by atoms with Crippen LogP contribution in [0.5, 0.6) is 5.75 Å². The number of amides is 2. The van der Waals surface area contributed by atoms with Gasteiger partial charge in [-0.25, -0.2) is 4.98 Å². The number of carbonyl (C=O) groups is 2. The van der Waals surface area contributed by atoms with Crippen LogP contribution in [-0.2, 0) is 4.79 Å². The number of hydrogen-bond donors (Lipinski definition) is 1. The molecule has 2 N–H and O–H groups in total. The molecule has 3 atom stereocenters. The SMILES string of the molecule is COc1ccccc1-c1sc(C)nc1C(=O)N1C[C@H]2C[C@H]2[C@H]1C(N)=O. The van der Waals surface area contributed by atoms with E-state index in [4.69, 9.17) is 10.5 Å². The maximum atomic E-state index is 13.2. The number of hydrogen-bond acceptors (Lipinski definition) is 5. The van der Waals surface area contributed by atoms with Crippen molar-refractivity contribution < 1.29 is 14.3 Å². The number of likely N-dealkylation sites (tertiary alicyclic amines) is 1. The van der Waals surface area contributed by atoms with Crippen molar-refractivity contribution in [2.24, 2.45) is 17.6 Å². The van der Waals surface area contributed by atoms with Crippen LogP contribution in [0.2, 0.25) is 0 Å². The minimum atomic E-state index is -0.509. The van der Waals surface area contributed by atoms with Crippen molar-refractivity contribution in [3.8, 4) is 16.2 Å². The third-order valence-electron chi connectivity index (χ3n) is 4.99. The molecule has 2 aliphatic rings. The highest BCUT2D eigenvalue weighted by Crippen LogP contribution is 2.50. The van der Waals surface area contributed by atoms with E-state index in [1.165, 1.54) is 11.3 Å². The maximum absolute atomic E-state index is 13.2. The molecular formula is C18H19N3O3S. The van der Waals surface area contributed by atoms with E-state index in [0.29, 0.717) is 23.9 Å². The summed E-state index contributed by atoms with van der Waals surface area (Å²) in [6, 6.07) is 7.05. The number of primary amides is 1. The van der Waals surface area contributed by atoms with Crippen molar-refractivity contribution in [3.63, 3.8) is 0 Å². The highest BCUT2D eigenvalue weighted by Gasteiger charge is 2.56. The van der Waals surface area contributed by atoms with E-state index < -0.39 is 11.9 Å². The number of methoxy groups -OCH3 is 1. The van der Waals surface area contributed by atoms with E-state index in [1.807, 2.05) is 31.2 Å². The summed E-state index contributed by atoms with van der Waals surface area (Å²) in [5, 5.41) is 0.796. The second-order valence-corrected chi connectivity index (χ2v) is 7.78. The van der Waals surface area contributed by atoms with Crippen molar-refractivity contribution in [3.05, 3.63) is 35.0 Å². The van der Waals surface area contributed by atoms with Crippen molar-refractivity contribution in [2.75, 3.05) is 13.7 Å². The predicted octanol–water partition coefficient (Wildman–Crippen LogP) is 2.07. The molecule has 2 heterocycles. The largest absolute Gasteiger partial charge is 0.496 e. The Morgan fingerprint density at radius 2 is 2.12 bits per heavy atom. The predicted molar refractivity (Wildman–Crippen MR) is 94.5 cm³/mol. The minimum absolute atomic E-state index is 0.218. The van der Waals surface area contributed by atoms with Crippen LogP contribution in [0.4, 0.5) is 0 Å². The molecular weight excluding hydrogens is 338 g/mol. The number of ether oxygens (including phenoxy) is 1. The summed E-state index contributed by atoms with van der Waals surface area (Å²) in [7, 11) is 1.60. The Morgan fingerprint density at radius 3 is 2.84 bits per heavy atom. The van der Waals surface area contributed by atoms with Gasteiger partial charge in [0.05, 0.1) is 17.0 Å². The number of rotatable bonds is 4. The lowest BCUT2D eigenvalue weighted by molar-refractivity contribution is -0.122. The number of para-hydroxylation sites is 1.